The summed E-state index contributed by atoms with van der Waals surface area (Å²) < 4.78 is 63.1. The van der Waals surface area contributed by atoms with Crippen LogP contribution >= 0.6 is 0 Å². The lowest BCUT2D eigenvalue weighted by Gasteiger charge is -2.18. The molecule has 1 aliphatic rings. The first kappa shape index (κ1) is 19.9. The SMILES string of the molecule is CC(NS(=O)(=O)c1cccc(-c2noc(C3CCNCC3)n2)c1)S(=O)(=O)O. The van der Waals surface area contributed by atoms with E-state index in [-0.39, 0.29) is 16.6 Å². The third kappa shape index (κ3) is 4.71. The number of sulfonamides is 1. The van der Waals surface area contributed by atoms with Crippen LogP contribution in [0, 0.1) is 0 Å². The van der Waals surface area contributed by atoms with Crippen LogP contribution in [0.1, 0.15) is 31.6 Å². The predicted octanol–water partition coefficient (Wildman–Crippen LogP) is 0.716. The first-order valence-corrected chi connectivity index (χ1v) is 11.3. The highest BCUT2D eigenvalue weighted by molar-refractivity contribution is 7.91. The summed E-state index contributed by atoms with van der Waals surface area (Å²) in [7, 11) is -8.72. The zero-order chi connectivity index (χ0) is 19.7. The fraction of sp³-hybridized carbons (Fsp3) is 0.467. The van der Waals surface area contributed by atoms with Crippen molar-refractivity contribution in [2.24, 2.45) is 0 Å². The molecule has 0 bridgehead atoms. The zero-order valence-electron chi connectivity index (χ0n) is 14.5. The lowest BCUT2D eigenvalue weighted by Crippen LogP contribution is -2.38. The quantitative estimate of drug-likeness (QED) is 0.578. The number of aromatic nitrogens is 2. The van der Waals surface area contributed by atoms with Crippen molar-refractivity contribution < 1.29 is 25.9 Å². The van der Waals surface area contributed by atoms with E-state index in [0.717, 1.165) is 32.9 Å². The van der Waals surface area contributed by atoms with E-state index in [1.165, 1.54) is 18.2 Å². The van der Waals surface area contributed by atoms with E-state index in [9.17, 15) is 16.8 Å². The number of hydrogen-bond acceptors (Lipinski definition) is 8. The number of benzene rings is 1. The molecule has 1 atom stereocenters. The molecular weight excluding hydrogens is 396 g/mol. The second-order valence-electron chi connectivity index (χ2n) is 6.29. The first-order chi connectivity index (χ1) is 12.7. The predicted molar refractivity (Wildman–Crippen MR) is 95.9 cm³/mol. The standard InChI is InChI=1S/C15H20N4O6S2/c1-10(27(22,23)24)19-26(20,21)13-4-2-3-12(9-13)14-17-15(25-18-14)11-5-7-16-8-6-11/h2-4,9-11,16,19H,5-8H2,1H3,(H,22,23,24). The molecule has 0 radical (unpaired) electrons. The molecule has 1 aromatic carbocycles. The summed E-state index contributed by atoms with van der Waals surface area (Å²) in [5.74, 6) is 0.929. The van der Waals surface area contributed by atoms with Gasteiger partial charge in [0.15, 0.2) is 0 Å². The minimum Gasteiger partial charge on any atom is -0.339 e. The molecule has 148 valence electrons. The highest BCUT2D eigenvalue weighted by Crippen LogP contribution is 2.27. The van der Waals surface area contributed by atoms with E-state index in [1.807, 2.05) is 4.72 Å². The summed E-state index contributed by atoms with van der Waals surface area (Å²) in [6, 6.07) is 5.73. The highest BCUT2D eigenvalue weighted by Gasteiger charge is 2.26. The summed E-state index contributed by atoms with van der Waals surface area (Å²) in [4.78, 5) is 4.19. The number of rotatable bonds is 6. The van der Waals surface area contributed by atoms with Crippen molar-refractivity contribution in [3.63, 3.8) is 0 Å². The summed E-state index contributed by atoms with van der Waals surface area (Å²) in [6.07, 6.45) is 1.76. The molecule has 2 aromatic rings. The van der Waals surface area contributed by atoms with E-state index >= 15 is 0 Å². The highest BCUT2D eigenvalue weighted by atomic mass is 32.2. The summed E-state index contributed by atoms with van der Waals surface area (Å²) in [6.45, 7) is 2.77. The molecule has 0 saturated carbocycles. The van der Waals surface area contributed by atoms with Crippen LogP contribution in [0.25, 0.3) is 11.4 Å². The van der Waals surface area contributed by atoms with Gasteiger partial charge >= 0.3 is 0 Å². The summed E-state index contributed by atoms with van der Waals surface area (Å²) >= 11 is 0. The first-order valence-electron chi connectivity index (χ1n) is 8.30. The molecule has 3 rings (SSSR count). The lowest BCUT2D eigenvalue weighted by molar-refractivity contribution is 0.320. The second kappa shape index (κ2) is 7.64. The van der Waals surface area contributed by atoms with Gasteiger partial charge in [-0.3, -0.25) is 4.55 Å². The van der Waals surface area contributed by atoms with Crippen LogP contribution < -0.4 is 10.0 Å². The summed E-state index contributed by atoms with van der Waals surface area (Å²) in [5.41, 5.74) is 0.418. The maximum absolute atomic E-state index is 12.4. The molecule has 0 aliphatic carbocycles. The molecule has 27 heavy (non-hydrogen) atoms. The number of nitrogens with one attached hydrogen (secondary N) is 2. The molecule has 1 saturated heterocycles. The van der Waals surface area contributed by atoms with Crippen LogP contribution in [0.2, 0.25) is 0 Å². The molecule has 10 nitrogen and oxygen atoms in total. The van der Waals surface area contributed by atoms with Gasteiger partial charge in [-0.15, -0.1) is 0 Å². The van der Waals surface area contributed by atoms with Gasteiger partial charge in [0.05, 0.1) is 4.90 Å². The Morgan fingerprint density at radius 1 is 1.26 bits per heavy atom. The second-order valence-corrected chi connectivity index (χ2v) is 9.74. The van der Waals surface area contributed by atoms with Crippen molar-refractivity contribution in [2.45, 2.75) is 36.0 Å². The van der Waals surface area contributed by atoms with Crippen LogP contribution in [0.4, 0.5) is 0 Å². The average Bonchev–Trinajstić information content (AvgIpc) is 3.12. The van der Waals surface area contributed by atoms with Crippen molar-refractivity contribution in [1.29, 1.82) is 0 Å². The van der Waals surface area contributed by atoms with Crippen molar-refractivity contribution in [2.75, 3.05) is 13.1 Å². The van der Waals surface area contributed by atoms with E-state index in [4.69, 9.17) is 9.08 Å². The Morgan fingerprint density at radius 3 is 2.63 bits per heavy atom. The minimum atomic E-state index is -4.55. The van der Waals surface area contributed by atoms with Gasteiger partial charge in [-0.05, 0) is 45.0 Å². The van der Waals surface area contributed by atoms with Gasteiger partial charge in [-0.1, -0.05) is 17.3 Å². The van der Waals surface area contributed by atoms with E-state index < -0.39 is 25.5 Å². The monoisotopic (exact) mass is 416 g/mol. The topological polar surface area (TPSA) is 151 Å². The molecule has 1 aliphatic heterocycles. The zero-order valence-corrected chi connectivity index (χ0v) is 16.1. The van der Waals surface area contributed by atoms with Crippen LogP contribution in [0.15, 0.2) is 33.7 Å². The Hall–Kier alpha value is -1.86. The van der Waals surface area contributed by atoms with E-state index in [2.05, 4.69) is 15.5 Å². The smallest absolute Gasteiger partial charge is 0.281 e. The minimum absolute atomic E-state index is 0.164. The Morgan fingerprint density at radius 2 is 1.96 bits per heavy atom. The molecular formula is C15H20N4O6S2. The van der Waals surface area contributed by atoms with E-state index in [0.29, 0.717) is 11.5 Å². The van der Waals surface area contributed by atoms with Gasteiger partial charge in [0.25, 0.3) is 10.1 Å². The van der Waals surface area contributed by atoms with Crippen molar-refractivity contribution >= 4 is 20.1 Å². The fourth-order valence-corrected chi connectivity index (χ4v) is 4.72. The fourth-order valence-electron chi connectivity index (χ4n) is 2.74. The van der Waals surface area contributed by atoms with Crippen LogP contribution in [-0.2, 0) is 20.1 Å². The van der Waals surface area contributed by atoms with Gasteiger partial charge in [0.2, 0.25) is 21.7 Å². The Balaban J connectivity index is 1.84. The van der Waals surface area contributed by atoms with Crippen molar-refractivity contribution in [1.82, 2.24) is 20.2 Å². The third-order valence-electron chi connectivity index (χ3n) is 4.30. The van der Waals surface area contributed by atoms with Gasteiger partial charge in [-0.2, -0.15) is 18.1 Å². The van der Waals surface area contributed by atoms with Gasteiger partial charge in [0.1, 0.15) is 5.37 Å². The normalized spacial score (nSPS) is 17.7. The maximum Gasteiger partial charge on any atom is 0.281 e. The van der Waals surface area contributed by atoms with Crippen LogP contribution in [0.3, 0.4) is 0 Å². The molecule has 1 fully saturated rings. The number of piperidine rings is 1. The largest absolute Gasteiger partial charge is 0.339 e. The van der Waals surface area contributed by atoms with Gasteiger partial charge in [-0.25, -0.2) is 8.42 Å². The Kier molecular flexibility index (Phi) is 5.63. The van der Waals surface area contributed by atoms with Crippen LogP contribution in [-0.4, -0.2) is 50.0 Å². The van der Waals surface area contributed by atoms with Gasteiger partial charge < -0.3 is 9.84 Å². The molecule has 1 unspecified atom stereocenters. The van der Waals surface area contributed by atoms with Crippen molar-refractivity contribution in [3.8, 4) is 11.4 Å². The molecule has 1 aromatic heterocycles. The summed E-state index contributed by atoms with van der Waals surface area (Å²) in [5, 5.41) is 5.50. The maximum atomic E-state index is 12.4. The lowest BCUT2D eigenvalue weighted by atomic mass is 9.98. The number of hydrogen-bond donors (Lipinski definition) is 3. The van der Waals surface area contributed by atoms with Crippen molar-refractivity contribution in [3.05, 3.63) is 30.2 Å². The molecule has 12 heteroatoms. The van der Waals surface area contributed by atoms with E-state index in [1.54, 1.807) is 6.07 Å². The average molecular weight is 416 g/mol. The molecule has 0 spiro atoms. The molecule has 0 amide bonds. The molecule has 2 heterocycles. The molecule has 3 N–H and O–H groups in total. The third-order valence-corrected chi connectivity index (χ3v) is 7.00. The Bertz CT molecular complexity index is 1010. The van der Waals surface area contributed by atoms with Gasteiger partial charge in [0, 0.05) is 11.5 Å². The van der Waals surface area contributed by atoms with Crippen LogP contribution in [0.5, 0.6) is 0 Å². The number of nitrogens with zero attached hydrogens (tertiary/aromatic N) is 2. The Labute approximate surface area is 157 Å².